The molecular weight excluding hydrogens is 711 g/mol. The number of rotatable bonds is 11. The van der Waals surface area contributed by atoms with Crippen molar-refractivity contribution in [3.8, 4) is 18.1 Å². The van der Waals surface area contributed by atoms with Gasteiger partial charge in [-0.2, -0.15) is 20.5 Å². The average Bonchev–Trinajstić information content (AvgIpc) is 3.45. The van der Waals surface area contributed by atoms with Crippen LogP contribution >= 0.6 is 11.3 Å². The summed E-state index contributed by atoms with van der Waals surface area (Å²) in [6.45, 7) is 13.0. The molecule has 3 saturated heterocycles. The van der Waals surface area contributed by atoms with Crippen LogP contribution in [0.15, 0.2) is 12.7 Å². The normalized spacial score (nSPS) is 23.3. The highest BCUT2D eigenvalue weighted by molar-refractivity contribution is 7.17. The first-order valence-corrected chi connectivity index (χ1v) is 19.8. The lowest BCUT2D eigenvalue weighted by Crippen LogP contribution is -2.55. The number of ether oxygens (including phenoxy) is 2. The third kappa shape index (κ3) is 6.52. The summed E-state index contributed by atoms with van der Waals surface area (Å²) < 4.78 is 45.3. The van der Waals surface area contributed by atoms with Gasteiger partial charge in [0.15, 0.2) is 5.82 Å². The fraction of sp³-hybridized carbons (Fsp3) is 0.550. The quantitative estimate of drug-likeness (QED) is 0.233. The van der Waals surface area contributed by atoms with Gasteiger partial charge < -0.3 is 30.1 Å². The van der Waals surface area contributed by atoms with Gasteiger partial charge in [-0.1, -0.05) is 12.7 Å². The molecule has 1 aromatic carbocycles. The highest BCUT2D eigenvalue weighted by Crippen LogP contribution is 2.50. The number of aliphatic hydroxyl groups excluding tert-OH is 1. The number of allylic oxidation sites excluding steroid dienone is 1. The number of hydrogen-bond acceptors (Lipinski definition) is 12. The maximum Gasteiger partial charge on any atom is 0.319 e. The number of aromatic nitrogens is 2. The van der Waals surface area contributed by atoms with Crippen LogP contribution in [0.25, 0.3) is 22.3 Å². The van der Waals surface area contributed by atoms with Crippen molar-refractivity contribution in [1.29, 1.82) is 10.5 Å². The molecule has 6 heterocycles. The van der Waals surface area contributed by atoms with Crippen LogP contribution in [-0.2, 0) is 18.0 Å². The van der Waals surface area contributed by atoms with E-state index in [1.165, 1.54) is 6.08 Å². The molecule has 3 N–H and O–H groups in total. The molecule has 3 atom stereocenters. The molecule has 11 nitrogen and oxygen atoms in total. The molecule has 3 unspecified atom stereocenters. The van der Waals surface area contributed by atoms with Gasteiger partial charge in [-0.25, -0.2) is 8.78 Å². The second kappa shape index (κ2) is 14.5. The Hall–Kier alpha value is -4.18. The Morgan fingerprint density at radius 2 is 1.83 bits per heavy atom. The lowest BCUT2D eigenvalue weighted by Gasteiger charge is -2.42. The second-order valence-electron chi connectivity index (χ2n) is 15.8. The number of nitriles is 2. The smallest absolute Gasteiger partial charge is 0.319 e. The maximum absolute atomic E-state index is 17.6. The second-order valence-corrected chi connectivity index (χ2v) is 16.8. The van der Waals surface area contributed by atoms with Gasteiger partial charge in [-0.15, -0.1) is 11.3 Å². The number of fused-ring (bicyclic) bond motifs is 5. The standard InChI is InChI=1S/C40H46F2N8O3S/c1-4-30(41)36-32(27(14-44)37(45)54-36)23(3)31-28-18-52-19-29(28)33-35(34(31)42)46-39(53-21-40(9-10-40)20-48-11-7-24(13-43)8-12-48)47-38(33)50-25-5-6-26(50)17-49(16-25)15-22(2)51/h4,22,24-26,51H,3,5-12,15-21,45H2,1-2H3/b30-4+. The maximum atomic E-state index is 17.6. The van der Waals surface area contributed by atoms with Gasteiger partial charge in [-0.05, 0) is 82.2 Å². The summed E-state index contributed by atoms with van der Waals surface area (Å²) in [7, 11) is 0. The van der Waals surface area contributed by atoms with Gasteiger partial charge in [0.25, 0.3) is 0 Å². The summed E-state index contributed by atoms with van der Waals surface area (Å²) in [6.07, 6.45) is 6.43. The number of likely N-dealkylation sites (tertiary alicyclic amines) is 2. The predicted molar refractivity (Wildman–Crippen MR) is 204 cm³/mol. The Bertz CT molecular complexity index is 2100. The minimum absolute atomic E-state index is 0.0507. The van der Waals surface area contributed by atoms with Crippen molar-refractivity contribution >= 4 is 44.5 Å². The van der Waals surface area contributed by atoms with Gasteiger partial charge in [0, 0.05) is 60.7 Å². The minimum Gasteiger partial charge on any atom is -0.463 e. The van der Waals surface area contributed by atoms with Crippen molar-refractivity contribution < 1.29 is 23.4 Å². The molecule has 0 spiro atoms. The molecule has 8 rings (SSSR count). The topological polar surface area (TPSA) is 148 Å². The number of benzene rings is 1. The summed E-state index contributed by atoms with van der Waals surface area (Å²) in [6, 6.07) is 4.77. The number of hydrogen-bond donors (Lipinski definition) is 2. The zero-order valence-electron chi connectivity index (χ0n) is 30.8. The van der Waals surface area contributed by atoms with Crippen molar-refractivity contribution in [3.63, 3.8) is 0 Å². The third-order valence-corrected chi connectivity index (χ3v) is 13.0. The summed E-state index contributed by atoms with van der Waals surface area (Å²) in [5.74, 6) is -0.512. The number of aliphatic hydroxyl groups is 1. The molecule has 284 valence electrons. The number of piperazine rings is 1. The number of piperidine rings is 1. The summed E-state index contributed by atoms with van der Waals surface area (Å²) in [5.41, 5.74) is 7.99. The third-order valence-electron chi connectivity index (χ3n) is 12.0. The van der Waals surface area contributed by atoms with E-state index in [1.54, 1.807) is 13.8 Å². The van der Waals surface area contributed by atoms with Crippen LogP contribution in [0.1, 0.15) is 85.1 Å². The number of nitrogens with two attached hydrogens (primary N) is 1. The summed E-state index contributed by atoms with van der Waals surface area (Å²) in [5, 5.41) is 30.3. The van der Waals surface area contributed by atoms with E-state index in [0.717, 1.165) is 88.1 Å². The molecule has 4 aliphatic heterocycles. The molecule has 0 radical (unpaired) electrons. The van der Waals surface area contributed by atoms with Gasteiger partial charge in [0.05, 0.1) is 47.8 Å². The Labute approximate surface area is 318 Å². The average molecular weight is 757 g/mol. The Morgan fingerprint density at radius 1 is 1.13 bits per heavy atom. The first kappa shape index (κ1) is 36.8. The molecule has 4 fully saturated rings. The first-order valence-electron chi connectivity index (χ1n) is 18.9. The highest BCUT2D eigenvalue weighted by Gasteiger charge is 2.46. The van der Waals surface area contributed by atoms with E-state index in [1.807, 2.05) is 0 Å². The van der Waals surface area contributed by atoms with Crippen molar-refractivity contribution in [2.45, 2.75) is 83.8 Å². The lowest BCUT2D eigenvalue weighted by atomic mass is 9.88. The van der Waals surface area contributed by atoms with E-state index in [9.17, 15) is 15.6 Å². The highest BCUT2D eigenvalue weighted by atomic mass is 32.1. The first-order chi connectivity index (χ1) is 26.0. The monoisotopic (exact) mass is 756 g/mol. The van der Waals surface area contributed by atoms with Crippen LogP contribution in [0.5, 0.6) is 6.01 Å². The molecule has 0 amide bonds. The van der Waals surface area contributed by atoms with Crippen LogP contribution in [0.3, 0.4) is 0 Å². The van der Waals surface area contributed by atoms with E-state index in [0.29, 0.717) is 29.9 Å². The molecule has 1 aliphatic carbocycles. The SMILES string of the molecule is C=C(c1c(/C(F)=C\C)sc(N)c1C#N)c1c2c(c3c(N4C5CCC4CN(CC(C)O)C5)nc(OCC4(CN5CCC(C#N)CC5)CC4)nc3c1F)COC2. The summed E-state index contributed by atoms with van der Waals surface area (Å²) in [4.78, 5) is 17.0. The van der Waals surface area contributed by atoms with Crippen molar-refractivity contribution in [2.24, 2.45) is 11.3 Å². The molecule has 1 saturated carbocycles. The van der Waals surface area contributed by atoms with Crippen LogP contribution in [-0.4, -0.2) is 88.9 Å². The van der Waals surface area contributed by atoms with Crippen LogP contribution < -0.4 is 15.4 Å². The zero-order chi connectivity index (χ0) is 37.9. The molecule has 3 aromatic rings. The molecule has 54 heavy (non-hydrogen) atoms. The van der Waals surface area contributed by atoms with E-state index in [4.69, 9.17) is 25.2 Å². The van der Waals surface area contributed by atoms with E-state index in [-0.39, 0.29) is 80.3 Å². The van der Waals surface area contributed by atoms with Crippen LogP contribution in [0.2, 0.25) is 0 Å². The van der Waals surface area contributed by atoms with Gasteiger partial charge in [0.2, 0.25) is 0 Å². The fourth-order valence-corrected chi connectivity index (χ4v) is 10.1. The van der Waals surface area contributed by atoms with Gasteiger partial charge in [-0.3, -0.25) is 4.90 Å². The van der Waals surface area contributed by atoms with E-state index >= 15 is 8.78 Å². The van der Waals surface area contributed by atoms with Crippen molar-refractivity contribution in [3.05, 3.63) is 51.2 Å². The van der Waals surface area contributed by atoms with Gasteiger partial charge >= 0.3 is 6.01 Å². The van der Waals surface area contributed by atoms with Crippen molar-refractivity contribution in [1.82, 2.24) is 19.8 Å². The van der Waals surface area contributed by atoms with Crippen LogP contribution in [0, 0.1) is 39.8 Å². The Balaban J connectivity index is 1.22. The number of halogens is 2. The molecule has 5 aliphatic rings. The van der Waals surface area contributed by atoms with E-state index in [2.05, 4.69) is 33.4 Å². The minimum atomic E-state index is -0.658. The van der Waals surface area contributed by atoms with Gasteiger partial charge in [0.1, 0.15) is 28.2 Å². The molecule has 2 aromatic heterocycles. The predicted octanol–water partition coefficient (Wildman–Crippen LogP) is 6.13. The largest absolute Gasteiger partial charge is 0.463 e. The molecular formula is C40H46F2N8O3S. The Kier molecular flexibility index (Phi) is 9.86. The van der Waals surface area contributed by atoms with Crippen molar-refractivity contribution in [2.75, 3.05) is 56.5 Å². The summed E-state index contributed by atoms with van der Waals surface area (Å²) >= 11 is 0.935. The number of thiophene rings is 1. The molecule has 14 heteroatoms. The molecule has 2 bridgehead atoms. The zero-order valence-corrected chi connectivity index (χ0v) is 31.7. The Morgan fingerprint density at radius 3 is 2.46 bits per heavy atom. The fourth-order valence-electron chi connectivity index (χ4n) is 9.13. The number of nitrogens with zero attached hydrogens (tertiary/aromatic N) is 7. The number of anilines is 2. The lowest BCUT2D eigenvalue weighted by molar-refractivity contribution is 0.111. The number of β-amino-alcohol motifs (C(OH)–C–C–N with tert-alkyl or cyclic N) is 1. The number of nitrogen functional groups attached to an aromatic ring is 1. The van der Waals surface area contributed by atoms with Crippen LogP contribution in [0.4, 0.5) is 19.6 Å². The van der Waals surface area contributed by atoms with E-state index < -0.39 is 17.7 Å².